The fraction of sp³-hybridized carbons (Fsp3) is 0.211. The van der Waals surface area contributed by atoms with Gasteiger partial charge in [0.2, 0.25) is 0 Å². The lowest BCUT2D eigenvalue weighted by molar-refractivity contribution is 0.831. The van der Waals surface area contributed by atoms with Gasteiger partial charge in [0, 0.05) is 23.2 Å². The van der Waals surface area contributed by atoms with Crippen molar-refractivity contribution in [1.82, 2.24) is 4.98 Å². The molecule has 1 N–H and O–H groups in total. The van der Waals surface area contributed by atoms with Crippen LogP contribution in [0.2, 0.25) is 5.15 Å². The number of aryl methyl sites for hydroxylation is 2. The first kappa shape index (κ1) is 13.6. The third-order valence-electron chi connectivity index (χ3n) is 4.29. The van der Waals surface area contributed by atoms with E-state index < -0.39 is 0 Å². The predicted molar refractivity (Wildman–Crippen MR) is 93.7 cm³/mol. The number of nitrogens with one attached hydrogen (secondary N) is 1. The standard InChI is InChI=1S/C19H17ClN2/c1-12-4-6-13(7-5-12)16-9-15-11-17-14(3-2-8-21-17)10-18(15)22-19(16)20/h4-7,9-11,21H,2-3,8H2,1H3. The number of nitrogens with zero attached hydrogens (tertiary/aromatic N) is 1. The average molecular weight is 309 g/mol. The molecule has 2 heterocycles. The molecule has 2 nitrogen and oxygen atoms in total. The second-order valence-corrected chi connectivity index (χ2v) is 6.28. The molecule has 0 spiro atoms. The van der Waals surface area contributed by atoms with E-state index in [1.807, 2.05) is 0 Å². The van der Waals surface area contributed by atoms with Gasteiger partial charge in [0.15, 0.2) is 0 Å². The Bertz CT molecular complexity index is 853. The first-order chi connectivity index (χ1) is 10.7. The maximum absolute atomic E-state index is 6.43. The molecule has 3 heteroatoms. The molecule has 0 atom stereocenters. The van der Waals surface area contributed by atoms with Crippen LogP contribution in [0.4, 0.5) is 5.69 Å². The minimum atomic E-state index is 0.570. The lowest BCUT2D eigenvalue weighted by atomic mass is 9.99. The van der Waals surface area contributed by atoms with Crippen LogP contribution in [0.15, 0.2) is 42.5 Å². The number of aromatic nitrogens is 1. The Morgan fingerprint density at radius 2 is 1.91 bits per heavy atom. The van der Waals surface area contributed by atoms with Gasteiger partial charge in [-0.1, -0.05) is 41.4 Å². The highest BCUT2D eigenvalue weighted by molar-refractivity contribution is 6.32. The molecule has 0 saturated carbocycles. The fourth-order valence-corrected chi connectivity index (χ4v) is 3.31. The minimum Gasteiger partial charge on any atom is -0.385 e. The Labute approximate surface area is 135 Å². The highest BCUT2D eigenvalue weighted by Crippen LogP contribution is 2.33. The first-order valence-corrected chi connectivity index (χ1v) is 8.02. The normalized spacial score (nSPS) is 13.7. The van der Waals surface area contributed by atoms with Crippen LogP contribution in [0, 0.1) is 6.92 Å². The van der Waals surface area contributed by atoms with Gasteiger partial charge in [-0.15, -0.1) is 0 Å². The van der Waals surface area contributed by atoms with Crippen LogP contribution in [0.25, 0.3) is 22.0 Å². The van der Waals surface area contributed by atoms with Gasteiger partial charge in [-0.25, -0.2) is 4.98 Å². The molecule has 0 bridgehead atoms. The fourth-order valence-electron chi connectivity index (χ4n) is 3.05. The van der Waals surface area contributed by atoms with E-state index >= 15 is 0 Å². The van der Waals surface area contributed by atoms with Crippen LogP contribution >= 0.6 is 11.6 Å². The van der Waals surface area contributed by atoms with Crippen LogP contribution in [-0.2, 0) is 6.42 Å². The van der Waals surface area contributed by atoms with Gasteiger partial charge < -0.3 is 5.32 Å². The van der Waals surface area contributed by atoms with E-state index in [2.05, 4.69) is 59.7 Å². The molecule has 4 rings (SSSR count). The number of fused-ring (bicyclic) bond motifs is 2. The van der Waals surface area contributed by atoms with Gasteiger partial charge in [0.1, 0.15) is 5.15 Å². The Balaban J connectivity index is 1.89. The monoisotopic (exact) mass is 308 g/mol. The molecular weight excluding hydrogens is 292 g/mol. The maximum Gasteiger partial charge on any atom is 0.137 e. The number of anilines is 1. The summed E-state index contributed by atoms with van der Waals surface area (Å²) in [6, 6.07) is 14.9. The van der Waals surface area contributed by atoms with Gasteiger partial charge in [-0.05, 0) is 49.1 Å². The van der Waals surface area contributed by atoms with Crippen LogP contribution < -0.4 is 5.32 Å². The van der Waals surface area contributed by atoms with Crippen molar-refractivity contribution in [3.05, 3.63) is 58.7 Å². The zero-order valence-electron chi connectivity index (χ0n) is 12.5. The molecule has 1 aliphatic rings. The summed E-state index contributed by atoms with van der Waals surface area (Å²) in [5.74, 6) is 0. The van der Waals surface area contributed by atoms with Crippen LogP contribution in [-0.4, -0.2) is 11.5 Å². The van der Waals surface area contributed by atoms with E-state index in [0.29, 0.717) is 5.15 Å². The highest BCUT2D eigenvalue weighted by atomic mass is 35.5. The Kier molecular flexibility index (Phi) is 3.27. The Morgan fingerprint density at radius 1 is 1.09 bits per heavy atom. The third-order valence-corrected chi connectivity index (χ3v) is 4.58. The SMILES string of the molecule is Cc1ccc(-c2cc3cc4c(cc3nc2Cl)CCCN4)cc1. The molecule has 0 aliphatic carbocycles. The summed E-state index contributed by atoms with van der Waals surface area (Å²) in [5, 5.41) is 5.18. The van der Waals surface area contributed by atoms with Crippen molar-refractivity contribution in [2.24, 2.45) is 0 Å². The summed E-state index contributed by atoms with van der Waals surface area (Å²) < 4.78 is 0. The van der Waals surface area contributed by atoms with E-state index in [4.69, 9.17) is 11.6 Å². The van der Waals surface area contributed by atoms with E-state index in [-0.39, 0.29) is 0 Å². The Morgan fingerprint density at radius 3 is 2.73 bits per heavy atom. The molecule has 110 valence electrons. The summed E-state index contributed by atoms with van der Waals surface area (Å²) in [6.07, 6.45) is 2.28. The van der Waals surface area contributed by atoms with Gasteiger partial charge in [0.05, 0.1) is 5.52 Å². The number of rotatable bonds is 1. The van der Waals surface area contributed by atoms with Crippen molar-refractivity contribution in [3.63, 3.8) is 0 Å². The quantitative estimate of drug-likeness (QED) is 0.623. The van der Waals surface area contributed by atoms with Gasteiger partial charge in [-0.2, -0.15) is 0 Å². The first-order valence-electron chi connectivity index (χ1n) is 7.65. The van der Waals surface area contributed by atoms with Gasteiger partial charge >= 0.3 is 0 Å². The smallest absolute Gasteiger partial charge is 0.137 e. The van der Waals surface area contributed by atoms with E-state index in [9.17, 15) is 0 Å². The molecular formula is C19H17ClN2. The lowest BCUT2D eigenvalue weighted by Crippen LogP contribution is -2.11. The van der Waals surface area contributed by atoms with Crippen molar-refractivity contribution in [1.29, 1.82) is 0 Å². The van der Waals surface area contributed by atoms with Crippen molar-refractivity contribution in [2.75, 3.05) is 11.9 Å². The van der Waals surface area contributed by atoms with Gasteiger partial charge in [0.25, 0.3) is 0 Å². The molecule has 1 aliphatic heterocycles. The molecule has 0 saturated heterocycles. The van der Waals surface area contributed by atoms with E-state index in [1.54, 1.807) is 0 Å². The average Bonchev–Trinajstić information content (AvgIpc) is 2.53. The van der Waals surface area contributed by atoms with Crippen molar-refractivity contribution < 1.29 is 0 Å². The maximum atomic E-state index is 6.43. The number of benzene rings is 2. The topological polar surface area (TPSA) is 24.9 Å². The molecule has 0 unspecified atom stereocenters. The summed E-state index contributed by atoms with van der Waals surface area (Å²) in [6.45, 7) is 3.13. The lowest BCUT2D eigenvalue weighted by Gasteiger charge is -2.19. The number of hydrogen-bond donors (Lipinski definition) is 1. The molecule has 0 amide bonds. The molecule has 0 fully saturated rings. The molecule has 2 aromatic carbocycles. The minimum absolute atomic E-state index is 0.570. The van der Waals surface area contributed by atoms with Crippen LogP contribution in [0.1, 0.15) is 17.5 Å². The second kappa shape index (κ2) is 5.29. The second-order valence-electron chi connectivity index (χ2n) is 5.93. The van der Waals surface area contributed by atoms with E-state index in [1.165, 1.54) is 23.2 Å². The largest absolute Gasteiger partial charge is 0.385 e. The molecule has 0 radical (unpaired) electrons. The zero-order valence-corrected chi connectivity index (χ0v) is 13.2. The summed E-state index contributed by atoms with van der Waals surface area (Å²) in [5.41, 5.74) is 6.89. The molecule has 1 aromatic heterocycles. The summed E-state index contributed by atoms with van der Waals surface area (Å²) >= 11 is 6.43. The number of pyridine rings is 1. The molecule has 3 aromatic rings. The predicted octanol–water partition coefficient (Wildman–Crippen LogP) is 5.22. The number of halogens is 1. The summed E-state index contributed by atoms with van der Waals surface area (Å²) in [4.78, 5) is 4.62. The van der Waals surface area contributed by atoms with Gasteiger partial charge in [-0.3, -0.25) is 0 Å². The highest BCUT2D eigenvalue weighted by Gasteiger charge is 2.13. The van der Waals surface area contributed by atoms with Crippen molar-refractivity contribution >= 4 is 28.2 Å². The third kappa shape index (κ3) is 2.34. The summed E-state index contributed by atoms with van der Waals surface area (Å²) in [7, 11) is 0. The zero-order chi connectivity index (χ0) is 15.1. The number of hydrogen-bond acceptors (Lipinski definition) is 2. The van der Waals surface area contributed by atoms with Crippen LogP contribution in [0.3, 0.4) is 0 Å². The Hall–Kier alpha value is -2.06. The van der Waals surface area contributed by atoms with Crippen molar-refractivity contribution in [2.45, 2.75) is 19.8 Å². The van der Waals surface area contributed by atoms with E-state index in [0.717, 1.165) is 35.0 Å². The van der Waals surface area contributed by atoms with Crippen molar-refractivity contribution in [3.8, 4) is 11.1 Å². The molecule has 22 heavy (non-hydrogen) atoms. The van der Waals surface area contributed by atoms with Crippen LogP contribution in [0.5, 0.6) is 0 Å².